The molecule has 0 spiro atoms. The third-order valence-corrected chi connectivity index (χ3v) is 4.56. The molecule has 2 aromatic heterocycles. The molecule has 0 fully saturated rings. The maximum Gasteiger partial charge on any atom is 0.277 e. The number of halogens is 1. The number of amides is 1. The Labute approximate surface area is 150 Å². The van der Waals surface area contributed by atoms with Crippen molar-refractivity contribution >= 4 is 11.6 Å². The van der Waals surface area contributed by atoms with Crippen LogP contribution in [0.25, 0.3) is 0 Å². The van der Waals surface area contributed by atoms with Gasteiger partial charge in [0.2, 0.25) is 0 Å². The largest absolute Gasteiger partial charge is 0.294 e. The Morgan fingerprint density at radius 3 is 2.65 bits per heavy atom. The Kier molecular flexibility index (Phi) is 4.03. The smallest absolute Gasteiger partial charge is 0.277 e. The number of benzene rings is 1. The first-order valence-corrected chi connectivity index (χ1v) is 8.62. The molecule has 0 saturated carbocycles. The normalized spacial score (nSPS) is 16.4. The number of anilines is 1. The summed E-state index contributed by atoms with van der Waals surface area (Å²) in [4.78, 5) is 18.9. The van der Waals surface area contributed by atoms with Gasteiger partial charge in [-0.25, -0.2) is 4.39 Å². The number of aromatic amines is 1. The number of hydrogen-bond acceptors (Lipinski definition) is 3. The summed E-state index contributed by atoms with van der Waals surface area (Å²) < 4.78 is 13.4. The van der Waals surface area contributed by atoms with E-state index >= 15 is 0 Å². The van der Waals surface area contributed by atoms with Crippen molar-refractivity contribution in [2.45, 2.75) is 26.3 Å². The van der Waals surface area contributed by atoms with E-state index in [1.54, 1.807) is 35.5 Å². The highest BCUT2D eigenvalue weighted by atomic mass is 19.1. The molecule has 5 nitrogen and oxygen atoms in total. The summed E-state index contributed by atoms with van der Waals surface area (Å²) in [6, 6.07) is 9.57. The standard InChI is InChI=1S/C20H19FN4O/c1-12(2)10-16-17-18(24-23-16)20(26)25(15-4-3-9-22-11-15)19(17)13-5-7-14(21)8-6-13/h3-9,11-12,19H,10H2,1-2H3,(H,23,24). The molecule has 1 aromatic carbocycles. The van der Waals surface area contributed by atoms with Gasteiger partial charge in [0.25, 0.3) is 5.91 Å². The molecule has 26 heavy (non-hydrogen) atoms. The van der Waals surface area contributed by atoms with Crippen LogP contribution in [0.5, 0.6) is 0 Å². The van der Waals surface area contributed by atoms with E-state index < -0.39 is 0 Å². The summed E-state index contributed by atoms with van der Waals surface area (Å²) in [5.74, 6) is -0.0514. The molecule has 1 N–H and O–H groups in total. The lowest BCUT2D eigenvalue weighted by Gasteiger charge is -2.26. The van der Waals surface area contributed by atoms with E-state index in [9.17, 15) is 9.18 Å². The quantitative estimate of drug-likeness (QED) is 0.776. The Balaban J connectivity index is 1.89. The summed E-state index contributed by atoms with van der Waals surface area (Å²) in [7, 11) is 0. The van der Waals surface area contributed by atoms with E-state index in [2.05, 4.69) is 29.0 Å². The van der Waals surface area contributed by atoms with E-state index in [1.165, 1.54) is 12.1 Å². The minimum atomic E-state index is -0.352. The summed E-state index contributed by atoms with van der Waals surface area (Å²) in [6.45, 7) is 4.23. The van der Waals surface area contributed by atoms with Gasteiger partial charge in [-0.05, 0) is 42.2 Å². The lowest BCUT2D eigenvalue weighted by Crippen LogP contribution is -2.29. The van der Waals surface area contributed by atoms with E-state index in [1.807, 2.05) is 6.07 Å². The summed E-state index contributed by atoms with van der Waals surface area (Å²) in [5.41, 5.74) is 3.79. The van der Waals surface area contributed by atoms with Crippen molar-refractivity contribution in [1.82, 2.24) is 15.2 Å². The average Bonchev–Trinajstić information content (AvgIpc) is 3.15. The first-order valence-electron chi connectivity index (χ1n) is 8.62. The second kappa shape index (κ2) is 6.37. The Hall–Kier alpha value is -3.02. The number of carbonyl (C=O) groups is 1. The molecular weight excluding hydrogens is 331 g/mol. The van der Waals surface area contributed by atoms with Gasteiger partial charge in [0.1, 0.15) is 11.5 Å². The lowest BCUT2D eigenvalue weighted by atomic mass is 9.95. The van der Waals surface area contributed by atoms with Gasteiger partial charge in [0.15, 0.2) is 0 Å². The van der Waals surface area contributed by atoms with Crippen LogP contribution in [0.2, 0.25) is 0 Å². The van der Waals surface area contributed by atoms with Crippen LogP contribution in [-0.4, -0.2) is 21.1 Å². The molecule has 3 heterocycles. The molecule has 1 amide bonds. The summed E-state index contributed by atoms with van der Waals surface area (Å²) in [5, 5.41) is 7.30. The number of hydrogen-bond donors (Lipinski definition) is 1. The second-order valence-corrected chi connectivity index (χ2v) is 6.90. The van der Waals surface area contributed by atoms with Crippen molar-refractivity contribution in [3.05, 3.63) is 77.1 Å². The molecule has 0 aliphatic carbocycles. The number of pyridine rings is 1. The number of carbonyl (C=O) groups excluding carboxylic acids is 1. The van der Waals surface area contributed by atoms with Crippen LogP contribution in [0.15, 0.2) is 48.8 Å². The number of nitrogens with one attached hydrogen (secondary N) is 1. The molecule has 3 aromatic rings. The number of aromatic nitrogens is 3. The molecule has 1 aliphatic heterocycles. The van der Waals surface area contributed by atoms with Crippen molar-refractivity contribution < 1.29 is 9.18 Å². The Morgan fingerprint density at radius 1 is 1.23 bits per heavy atom. The number of nitrogens with zero attached hydrogens (tertiary/aromatic N) is 3. The fraction of sp³-hybridized carbons (Fsp3) is 0.250. The van der Waals surface area contributed by atoms with Crippen LogP contribution in [-0.2, 0) is 6.42 Å². The molecule has 1 aliphatic rings. The van der Waals surface area contributed by atoms with Gasteiger partial charge in [0.05, 0.1) is 23.6 Å². The molecule has 1 unspecified atom stereocenters. The summed E-state index contributed by atoms with van der Waals surface area (Å²) >= 11 is 0. The van der Waals surface area contributed by atoms with Crippen molar-refractivity contribution in [2.24, 2.45) is 5.92 Å². The highest BCUT2D eigenvalue weighted by molar-refractivity contribution is 6.10. The van der Waals surface area contributed by atoms with E-state index in [0.717, 1.165) is 23.2 Å². The molecule has 1 atom stereocenters. The molecule has 0 saturated heterocycles. The number of rotatable bonds is 4. The third kappa shape index (κ3) is 2.67. The maximum absolute atomic E-state index is 13.4. The Morgan fingerprint density at radius 2 is 2.00 bits per heavy atom. The van der Waals surface area contributed by atoms with Gasteiger partial charge in [-0.1, -0.05) is 26.0 Å². The highest BCUT2D eigenvalue weighted by Crippen LogP contribution is 2.42. The number of H-pyrrole nitrogens is 1. The van der Waals surface area contributed by atoms with Crippen molar-refractivity contribution in [3.63, 3.8) is 0 Å². The van der Waals surface area contributed by atoms with E-state index in [4.69, 9.17) is 0 Å². The zero-order valence-corrected chi connectivity index (χ0v) is 14.6. The molecule has 6 heteroatoms. The maximum atomic E-state index is 13.4. The van der Waals surface area contributed by atoms with Crippen LogP contribution >= 0.6 is 0 Å². The fourth-order valence-electron chi connectivity index (χ4n) is 3.48. The van der Waals surface area contributed by atoms with Gasteiger partial charge in [-0.3, -0.25) is 19.8 Å². The SMILES string of the molecule is CC(C)Cc1n[nH]c2c1C(c1ccc(F)cc1)N(c1cccnc1)C2=O. The van der Waals surface area contributed by atoms with Crippen molar-refractivity contribution in [3.8, 4) is 0 Å². The van der Waals surface area contributed by atoms with Gasteiger partial charge < -0.3 is 0 Å². The molecule has 4 rings (SSSR count). The van der Waals surface area contributed by atoms with Crippen LogP contribution < -0.4 is 4.90 Å². The summed E-state index contributed by atoms with van der Waals surface area (Å²) in [6.07, 6.45) is 4.09. The molecule has 0 bridgehead atoms. The fourth-order valence-corrected chi connectivity index (χ4v) is 3.48. The van der Waals surface area contributed by atoms with Gasteiger partial charge in [0, 0.05) is 11.8 Å². The molecular formula is C20H19FN4O. The minimum Gasteiger partial charge on any atom is -0.294 e. The zero-order valence-electron chi connectivity index (χ0n) is 14.6. The van der Waals surface area contributed by atoms with Crippen LogP contribution in [0, 0.1) is 11.7 Å². The average molecular weight is 350 g/mol. The van der Waals surface area contributed by atoms with E-state index in [0.29, 0.717) is 17.3 Å². The van der Waals surface area contributed by atoms with Gasteiger partial charge >= 0.3 is 0 Å². The first kappa shape index (κ1) is 16.4. The number of fused-ring (bicyclic) bond motifs is 1. The van der Waals surface area contributed by atoms with Crippen LogP contribution in [0.4, 0.5) is 10.1 Å². The third-order valence-electron chi connectivity index (χ3n) is 4.56. The predicted molar refractivity (Wildman–Crippen MR) is 96.4 cm³/mol. The lowest BCUT2D eigenvalue weighted by molar-refractivity contribution is 0.0988. The second-order valence-electron chi connectivity index (χ2n) is 6.90. The minimum absolute atomic E-state index is 0.148. The van der Waals surface area contributed by atoms with Crippen LogP contribution in [0.1, 0.15) is 47.2 Å². The van der Waals surface area contributed by atoms with Crippen LogP contribution in [0.3, 0.4) is 0 Å². The molecule has 132 valence electrons. The van der Waals surface area contributed by atoms with E-state index in [-0.39, 0.29) is 17.8 Å². The highest BCUT2D eigenvalue weighted by Gasteiger charge is 2.42. The first-order chi connectivity index (χ1) is 12.6. The van der Waals surface area contributed by atoms with Gasteiger partial charge in [-0.2, -0.15) is 5.10 Å². The topological polar surface area (TPSA) is 61.9 Å². The predicted octanol–water partition coefficient (Wildman–Crippen LogP) is 3.89. The monoisotopic (exact) mass is 350 g/mol. The molecule has 0 radical (unpaired) electrons. The zero-order chi connectivity index (χ0) is 18.3. The Bertz CT molecular complexity index is 934. The van der Waals surface area contributed by atoms with Crippen molar-refractivity contribution in [2.75, 3.05) is 4.90 Å². The van der Waals surface area contributed by atoms with Crippen molar-refractivity contribution in [1.29, 1.82) is 0 Å². The van der Waals surface area contributed by atoms with Gasteiger partial charge in [-0.15, -0.1) is 0 Å².